The molecule has 0 saturated carbocycles. The number of ether oxygens (including phenoxy) is 1. The normalized spacial score (nSPS) is 20.7. The van der Waals surface area contributed by atoms with Crippen molar-refractivity contribution in [2.24, 2.45) is 5.73 Å². The van der Waals surface area contributed by atoms with E-state index in [1.165, 1.54) is 6.07 Å². The molecule has 1 heterocycles. The monoisotopic (exact) mass is 245 g/mol. The van der Waals surface area contributed by atoms with E-state index in [2.05, 4.69) is 15.9 Å². The molecule has 1 aliphatic rings. The highest BCUT2D eigenvalue weighted by Gasteiger charge is 2.19. The van der Waals surface area contributed by atoms with Crippen LogP contribution in [0.5, 0.6) is 5.75 Å². The summed E-state index contributed by atoms with van der Waals surface area (Å²) in [4.78, 5) is 0. The molecule has 2 nitrogen and oxygen atoms in total. The van der Waals surface area contributed by atoms with E-state index in [0.717, 1.165) is 12.0 Å². The van der Waals surface area contributed by atoms with Gasteiger partial charge in [0.05, 0.1) is 11.1 Å². The molecular formula is C9H9BrFNO. The van der Waals surface area contributed by atoms with Gasteiger partial charge < -0.3 is 10.5 Å². The Morgan fingerprint density at radius 1 is 1.54 bits per heavy atom. The van der Waals surface area contributed by atoms with Crippen molar-refractivity contribution < 1.29 is 9.13 Å². The molecule has 0 unspecified atom stereocenters. The van der Waals surface area contributed by atoms with Crippen LogP contribution in [-0.2, 0) is 0 Å². The van der Waals surface area contributed by atoms with Gasteiger partial charge in [-0.2, -0.15) is 0 Å². The summed E-state index contributed by atoms with van der Waals surface area (Å²) in [6.07, 6.45) is 0.744. The second kappa shape index (κ2) is 3.27. The standard InChI is InChI=1S/C9H9BrFNO/c10-6-4-9-5(3-7(6)11)8(12)1-2-13-9/h3-4,8H,1-2,12H2/t8-/m0/s1. The molecule has 0 fully saturated rings. The largest absolute Gasteiger partial charge is 0.493 e. The van der Waals surface area contributed by atoms with Crippen LogP contribution in [0.1, 0.15) is 18.0 Å². The van der Waals surface area contributed by atoms with Crippen LogP contribution in [0.4, 0.5) is 4.39 Å². The third-order valence-corrected chi connectivity index (χ3v) is 2.75. The second-order valence-electron chi connectivity index (χ2n) is 3.05. The lowest BCUT2D eigenvalue weighted by molar-refractivity contribution is 0.268. The zero-order valence-corrected chi connectivity index (χ0v) is 8.47. The minimum Gasteiger partial charge on any atom is -0.493 e. The fourth-order valence-corrected chi connectivity index (χ4v) is 1.73. The highest BCUT2D eigenvalue weighted by molar-refractivity contribution is 9.10. The first-order valence-corrected chi connectivity index (χ1v) is 4.85. The van der Waals surface area contributed by atoms with E-state index < -0.39 is 0 Å². The van der Waals surface area contributed by atoms with E-state index >= 15 is 0 Å². The van der Waals surface area contributed by atoms with Crippen LogP contribution < -0.4 is 10.5 Å². The van der Waals surface area contributed by atoms with Crippen molar-refractivity contribution >= 4 is 15.9 Å². The lowest BCUT2D eigenvalue weighted by atomic mass is 10.0. The number of fused-ring (bicyclic) bond motifs is 1. The van der Waals surface area contributed by atoms with Crippen LogP contribution in [0.25, 0.3) is 0 Å². The molecule has 1 aromatic rings. The fourth-order valence-electron chi connectivity index (χ4n) is 1.41. The highest BCUT2D eigenvalue weighted by atomic mass is 79.9. The summed E-state index contributed by atoms with van der Waals surface area (Å²) in [5.74, 6) is 0.395. The minimum absolute atomic E-state index is 0.105. The zero-order valence-electron chi connectivity index (χ0n) is 6.89. The quantitative estimate of drug-likeness (QED) is 0.762. The van der Waals surface area contributed by atoms with E-state index in [1.807, 2.05) is 0 Å². The zero-order chi connectivity index (χ0) is 9.42. The first-order valence-electron chi connectivity index (χ1n) is 4.06. The van der Waals surface area contributed by atoms with Crippen molar-refractivity contribution in [3.63, 3.8) is 0 Å². The van der Waals surface area contributed by atoms with Gasteiger partial charge in [0.1, 0.15) is 11.6 Å². The number of hydrogen-bond donors (Lipinski definition) is 1. The maximum Gasteiger partial charge on any atom is 0.137 e. The topological polar surface area (TPSA) is 35.2 Å². The Bertz CT molecular complexity index is 343. The van der Waals surface area contributed by atoms with E-state index in [4.69, 9.17) is 10.5 Å². The second-order valence-corrected chi connectivity index (χ2v) is 3.90. The number of nitrogens with two attached hydrogens (primary N) is 1. The van der Waals surface area contributed by atoms with Gasteiger partial charge in [0.15, 0.2) is 0 Å². The summed E-state index contributed by atoms with van der Waals surface area (Å²) < 4.78 is 18.9. The van der Waals surface area contributed by atoms with Gasteiger partial charge in [0.25, 0.3) is 0 Å². The summed E-state index contributed by atoms with van der Waals surface area (Å²) in [5.41, 5.74) is 6.56. The SMILES string of the molecule is N[C@H]1CCOc2cc(Br)c(F)cc21. The molecule has 0 spiro atoms. The molecule has 1 atom stereocenters. The van der Waals surface area contributed by atoms with Crippen molar-refractivity contribution in [1.29, 1.82) is 0 Å². The Hall–Kier alpha value is -0.610. The lowest BCUT2D eigenvalue weighted by Gasteiger charge is -2.23. The van der Waals surface area contributed by atoms with E-state index in [0.29, 0.717) is 16.8 Å². The molecule has 0 aromatic heterocycles. The summed E-state index contributed by atoms with van der Waals surface area (Å²) in [6, 6.07) is 2.96. The van der Waals surface area contributed by atoms with Crippen LogP contribution in [0, 0.1) is 5.82 Å². The molecule has 0 amide bonds. The van der Waals surface area contributed by atoms with Crippen LogP contribution in [0.3, 0.4) is 0 Å². The van der Waals surface area contributed by atoms with Crippen molar-refractivity contribution in [3.8, 4) is 5.75 Å². The molecule has 2 rings (SSSR count). The number of hydrogen-bond acceptors (Lipinski definition) is 2. The van der Waals surface area contributed by atoms with Crippen LogP contribution in [-0.4, -0.2) is 6.61 Å². The number of halogens is 2. The van der Waals surface area contributed by atoms with Gasteiger partial charge in [0.2, 0.25) is 0 Å². The predicted molar refractivity (Wildman–Crippen MR) is 51.1 cm³/mol. The molecule has 70 valence electrons. The van der Waals surface area contributed by atoms with Crippen molar-refractivity contribution in [2.75, 3.05) is 6.61 Å². The fraction of sp³-hybridized carbons (Fsp3) is 0.333. The summed E-state index contributed by atoms with van der Waals surface area (Å²) in [6.45, 7) is 0.603. The molecule has 2 N–H and O–H groups in total. The Morgan fingerprint density at radius 3 is 3.08 bits per heavy atom. The van der Waals surface area contributed by atoms with Gasteiger partial charge in [-0.25, -0.2) is 4.39 Å². The molecule has 1 aliphatic heterocycles. The van der Waals surface area contributed by atoms with Gasteiger partial charge in [-0.15, -0.1) is 0 Å². The third-order valence-electron chi connectivity index (χ3n) is 2.14. The Balaban J connectivity index is 2.52. The summed E-state index contributed by atoms with van der Waals surface area (Å²) in [5, 5.41) is 0. The molecule has 0 aliphatic carbocycles. The van der Waals surface area contributed by atoms with Gasteiger partial charge >= 0.3 is 0 Å². The molecule has 0 saturated heterocycles. The lowest BCUT2D eigenvalue weighted by Crippen LogP contribution is -2.20. The average Bonchev–Trinajstić information content (AvgIpc) is 2.09. The molecule has 0 bridgehead atoms. The van der Waals surface area contributed by atoms with E-state index in [1.54, 1.807) is 6.07 Å². The van der Waals surface area contributed by atoms with Crippen molar-refractivity contribution in [2.45, 2.75) is 12.5 Å². The third kappa shape index (κ3) is 1.56. The molecule has 0 radical (unpaired) electrons. The van der Waals surface area contributed by atoms with E-state index in [9.17, 15) is 4.39 Å². The van der Waals surface area contributed by atoms with Gasteiger partial charge in [0, 0.05) is 18.0 Å². The van der Waals surface area contributed by atoms with Gasteiger partial charge in [-0.3, -0.25) is 0 Å². The van der Waals surface area contributed by atoms with Gasteiger partial charge in [-0.05, 0) is 28.1 Å². The summed E-state index contributed by atoms with van der Waals surface area (Å²) >= 11 is 3.10. The maximum atomic E-state index is 13.1. The first kappa shape index (κ1) is 8.97. The summed E-state index contributed by atoms with van der Waals surface area (Å²) in [7, 11) is 0. The maximum absolute atomic E-state index is 13.1. The smallest absolute Gasteiger partial charge is 0.137 e. The van der Waals surface area contributed by atoms with Gasteiger partial charge in [-0.1, -0.05) is 0 Å². The Morgan fingerprint density at radius 2 is 2.31 bits per heavy atom. The molecular weight excluding hydrogens is 237 g/mol. The van der Waals surface area contributed by atoms with Crippen molar-refractivity contribution in [3.05, 3.63) is 28.0 Å². The first-order chi connectivity index (χ1) is 6.18. The predicted octanol–water partition coefficient (Wildman–Crippen LogP) is 2.37. The Kier molecular flexibility index (Phi) is 2.26. The number of benzene rings is 1. The number of rotatable bonds is 0. The van der Waals surface area contributed by atoms with Crippen LogP contribution >= 0.6 is 15.9 Å². The van der Waals surface area contributed by atoms with Crippen LogP contribution in [0.15, 0.2) is 16.6 Å². The molecule has 1 aromatic carbocycles. The highest BCUT2D eigenvalue weighted by Crippen LogP contribution is 2.34. The molecule has 4 heteroatoms. The minimum atomic E-state index is -0.292. The van der Waals surface area contributed by atoms with E-state index in [-0.39, 0.29) is 11.9 Å². The Labute approximate surface area is 84.0 Å². The van der Waals surface area contributed by atoms with Crippen LogP contribution in [0.2, 0.25) is 0 Å². The molecule has 13 heavy (non-hydrogen) atoms. The van der Waals surface area contributed by atoms with Crippen molar-refractivity contribution in [1.82, 2.24) is 0 Å². The average molecular weight is 246 g/mol.